The van der Waals surface area contributed by atoms with Crippen LogP contribution in [0, 0.1) is 0 Å². The minimum Gasteiger partial charge on any atom is -0.377 e. The van der Waals surface area contributed by atoms with Crippen molar-refractivity contribution in [2.45, 2.75) is 6.92 Å². The van der Waals surface area contributed by atoms with Gasteiger partial charge in [-0.3, -0.25) is 0 Å². The van der Waals surface area contributed by atoms with Gasteiger partial charge in [-0.15, -0.1) is 0 Å². The van der Waals surface area contributed by atoms with Gasteiger partial charge in [0.2, 0.25) is 0 Å². The number of nitrogens with one attached hydrogen (secondary N) is 2. The topological polar surface area (TPSA) is 36.4 Å². The monoisotopic (exact) mass is 127 g/mol. The molecule has 0 aromatic heterocycles. The first-order chi connectivity index (χ1) is 4.20. The maximum Gasteiger partial charge on any atom is 0.120 e. The second-order valence-electron chi connectivity index (χ2n) is 1.64. The Morgan fingerprint density at radius 2 is 1.89 bits per heavy atom. The summed E-state index contributed by atoms with van der Waals surface area (Å²) in [6.45, 7) is 5.50. The molecule has 0 unspecified atom stereocenters. The van der Waals surface area contributed by atoms with Gasteiger partial charge in [0.05, 0.1) is 0 Å². The summed E-state index contributed by atoms with van der Waals surface area (Å²) in [5.41, 5.74) is 0. The molecule has 0 aromatic rings. The fourth-order valence-electron chi connectivity index (χ4n) is 0.314. The highest BCUT2D eigenvalue weighted by Crippen LogP contribution is 1.82. The first kappa shape index (κ1) is 8.01. The van der Waals surface area contributed by atoms with E-state index in [2.05, 4.69) is 22.2 Å². The smallest absolute Gasteiger partial charge is 0.120 e. The van der Waals surface area contributed by atoms with Crippen LogP contribution in [0.15, 0.2) is 17.4 Å². The van der Waals surface area contributed by atoms with Crippen molar-refractivity contribution in [3.05, 3.63) is 12.4 Å². The zero-order valence-corrected chi connectivity index (χ0v) is 6.15. The molecule has 3 nitrogen and oxygen atoms in total. The van der Waals surface area contributed by atoms with E-state index in [9.17, 15) is 0 Å². The van der Waals surface area contributed by atoms with Gasteiger partial charge in [0.25, 0.3) is 0 Å². The van der Waals surface area contributed by atoms with E-state index < -0.39 is 0 Å². The Morgan fingerprint density at radius 3 is 2.22 bits per heavy atom. The third-order valence-corrected chi connectivity index (χ3v) is 0.953. The van der Waals surface area contributed by atoms with Crippen LogP contribution in [0.2, 0.25) is 0 Å². The summed E-state index contributed by atoms with van der Waals surface area (Å²) in [7, 11) is 3.61. The van der Waals surface area contributed by atoms with Crippen LogP contribution in [-0.4, -0.2) is 19.9 Å². The van der Waals surface area contributed by atoms with E-state index >= 15 is 0 Å². The number of amidine groups is 1. The average Bonchev–Trinajstić information content (AvgIpc) is 1.87. The Kier molecular flexibility index (Phi) is 3.51. The zero-order valence-electron chi connectivity index (χ0n) is 6.15. The molecule has 0 amide bonds. The zero-order chi connectivity index (χ0) is 7.28. The SMILES string of the molecule is C=C(/N=C(\C)NC)NC. The van der Waals surface area contributed by atoms with Crippen LogP contribution in [0.1, 0.15) is 6.92 Å². The highest BCUT2D eigenvalue weighted by molar-refractivity contribution is 5.79. The molecule has 2 N–H and O–H groups in total. The van der Waals surface area contributed by atoms with Gasteiger partial charge in [0, 0.05) is 14.1 Å². The molecule has 0 bridgehead atoms. The molecule has 0 radical (unpaired) electrons. The molecule has 0 rings (SSSR count). The number of aliphatic imine (C=N–C) groups is 1. The number of hydrogen-bond donors (Lipinski definition) is 2. The van der Waals surface area contributed by atoms with Crippen molar-refractivity contribution in [3.63, 3.8) is 0 Å². The third kappa shape index (κ3) is 3.58. The van der Waals surface area contributed by atoms with Gasteiger partial charge in [0.1, 0.15) is 11.7 Å². The van der Waals surface area contributed by atoms with E-state index in [-0.39, 0.29) is 0 Å². The van der Waals surface area contributed by atoms with Crippen molar-refractivity contribution in [1.29, 1.82) is 0 Å². The van der Waals surface area contributed by atoms with Gasteiger partial charge in [-0.1, -0.05) is 6.58 Å². The van der Waals surface area contributed by atoms with Crippen LogP contribution in [-0.2, 0) is 0 Å². The lowest BCUT2D eigenvalue weighted by Crippen LogP contribution is -2.15. The first-order valence-corrected chi connectivity index (χ1v) is 2.80. The highest BCUT2D eigenvalue weighted by Gasteiger charge is 1.83. The maximum atomic E-state index is 4.01. The van der Waals surface area contributed by atoms with Crippen LogP contribution >= 0.6 is 0 Å². The second kappa shape index (κ2) is 3.95. The lowest BCUT2D eigenvalue weighted by molar-refractivity contribution is 0.961. The Hall–Kier alpha value is -0.990. The fraction of sp³-hybridized carbons (Fsp3) is 0.500. The molecule has 0 spiro atoms. The van der Waals surface area contributed by atoms with Crippen molar-refractivity contribution >= 4 is 5.84 Å². The Bertz CT molecular complexity index is 126. The van der Waals surface area contributed by atoms with Crippen LogP contribution in [0.25, 0.3) is 0 Å². The predicted molar refractivity (Wildman–Crippen MR) is 40.4 cm³/mol. The fourth-order valence-corrected chi connectivity index (χ4v) is 0.314. The molecule has 3 heteroatoms. The van der Waals surface area contributed by atoms with Gasteiger partial charge < -0.3 is 10.6 Å². The van der Waals surface area contributed by atoms with Crippen LogP contribution in [0.5, 0.6) is 0 Å². The first-order valence-electron chi connectivity index (χ1n) is 2.80. The predicted octanol–water partition coefficient (Wildman–Crippen LogP) is 0.315. The Morgan fingerprint density at radius 1 is 1.33 bits per heavy atom. The molecule has 0 aliphatic rings. The number of rotatable bonds is 2. The van der Waals surface area contributed by atoms with Crippen molar-refractivity contribution < 1.29 is 0 Å². The van der Waals surface area contributed by atoms with E-state index in [0.717, 1.165) is 5.84 Å². The molecule has 0 saturated heterocycles. The van der Waals surface area contributed by atoms with Gasteiger partial charge >= 0.3 is 0 Å². The van der Waals surface area contributed by atoms with Gasteiger partial charge in [-0.05, 0) is 6.92 Å². The van der Waals surface area contributed by atoms with Crippen molar-refractivity contribution in [2.75, 3.05) is 14.1 Å². The Balaban J connectivity index is 3.79. The molecule has 9 heavy (non-hydrogen) atoms. The summed E-state index contributed by atoms with van der Waals surface area (Å²) in [6.07, 6.45) is 0. The van der Waals surface area contributed by atoms with Gasteiger partial charge in [-0.2, -0.15) is 0 Å². The quantitative estimate of drug-likeness (QED) is 0.414. The number of nitrogens with zero attached hydrogens (tertiary/aromatic N) is 1. The van der Waals surface area contributed by atoms with E-state index in [0.29, 0.717) is 5.82 Å². The lowest BCUT2D eigenvalue weighted by Gasteiger charge is -1.99. The summed E-state index contributed by atoms with van der Waals surface area (Å²) in [5.74, 6) is 1.52. The maximum absolute atomic E-state index is 4.01. The molecule has 52 valence electrons. The van der Waals surface area contributed by atoms with E-state index in [1.54, 1.807) is 7.05 Å². The van der Waals surface area contributed by atoms with E-state index in [1.807, 2.05) is 14.0 Å². The molecule has 0 aliphatic carbocycles. The molecule has 0 fully saturated rings. The molecule has 0 aliphatic heterocycles. The molecular formula is C6H13N3. The molecule has 0 saturated carbocycles. The summed E-state index contributed by atoms with van der Waals surface area (Å²) < 4.78 is 0. The normalized spacial score (nSPS) is 10.8. The van der Waals surface area contributed by atoms with Crippen LogP contribution in [0.3, 0.4) is 0 Å². The molecule has 0 atom stereocenters. The summed E-state index contributed by atoms with van der Waals surface area (Å²) in [5, 5.41) is 5.69. The molecular weight excluding hydrogens is 114 g/mol. The van der Waals surface area contributed by atoms with Crippen LogP contribution in [0.4, 0.5) is 0 Å². The number of hydrogen-bond acceptors (Lipinski definition) is 2. The lowest BCUT2D eigenvalue weighted by atomic mass is 10.6. The summed E-state index contributed by atoms with van der Waals surface area (Å²) >= 11 is 0. The second-order valence-corrected chi connectivity index (χ2v) is 1.64. The van der Waals surface area contributed by atoms with Crippen molar-refractivity contribution in [2.24, 2.45) is 4.99 Å². The van der Waals surface area contributed by atoms with E-state index in [1.165, 1.54) is 0 Å². The van der Waals surface area contributed by atoms with Gasteiger partial charge in [0.15, 0.2) is 0 Å². The largest absolute Gasteiger partial charge is 0.377 e. The third-order valence-electron chi connectivity index (χ3n) is 0.953. The van der Waals surface area contributed by atoms with Gasteiger partial charge in [-0.25, -0.2) is 4.99 Å². The minimum absolute atomic E-state index is 0.668. The molecule has 0 aromatic carbocycles. The average molecular weight is 127 g/mol. The molecule has 0 heterocycles. The highest BCUT2D eigenvalue weighted by atomic mass is 15.1. The van der Waals surface area contributed by atoms with E-state index in [4.69, 9.17) is 0 Å². The standard InChI is InChI=1S/C6H13N3/c1-5(7-3)9-6(2)8-4/h7H,1H2,2-4H3,(H,8,9). The Labute approximate surface area is 55.9 Å². The summed E-state index contributed by atoms with van der Waals surface area (Å²) in [6, 6.07) is 0. The van der Waals surface area contributed by atoms with Crippen molar-refractivity contribution in [1.82, 2.24) is 10.6 Å². The van der Waals surface area contributed by atoms with Crippen molar-refractivity contribution in [3.8, 4) is 0 Å². The minimum atomic E-state index is 0.668. The van der Waals surface area contributed by atoms with Crippen LogP contribution < -0.4 is 10.6 Å². The summed E-state index contributed by atoms with van der Waals surface area (Å²) in [4.78, 5) is 4.01.